The highest BCUT2D eigenvalue weighted by molar-refractivity contribution is 4.68. The van der Waals surface area contributed by atoms with Gasteiger partial charge in [0.05, 0.1) is 0 Å². The standard InChI is InChI=1S/C8H18N2/c1-8-7-10(2)6-4-3-5-9-8/h8-9H,3-7H2,1-2H3. The lowest BCUT2D eigenvalue weighted by atomic mass is 10.2. The molecule has 0 radical (unpaired) electrons. The van der Waals surface area contributed by atoms with Crippen molar-refractivity contribution in [2.45, 2.75) is 25.8 Å². The van der Waals surface area contributed by atoms with Gasteiger partial charge in [0.1, 0.15) is 0 Å². The van der Waals surface area contributed by atoms with Crippen LogP contribution < -0.4 is 5.32 Å². The van der Waals surface area contributed by atoms with E-state index in [9.17, 15) is 0 Å². The van der Waals surface area contributed by atoms with Crippen molar-refractivity contribution in [1.29, 1.82) is 0 Å². The van der Waals surface area contributed by atoms with Gasteiger partial charge in [0.15, 0.2) is 0 Å². The summed E-state index contributed by atoms with van der Waals surface area (Å²) in [6, 6.07) is 0.672. The van der Waals surface area contributed by atoms with E-state index in [0.29, 0.717) is 6.04 Å². The van der Waals surface area contributed by atoms with E-state index in [0.717, 1.165) is 0 Å². The summed E-state index contributed by atoms with van der Waals surface area (Å²) >= 11 is 0. The Morgan fingerprint density at radius 3 is 3.00 bits per heavy atom. The molecule has 0 amide bonds. The minimum atomic E-state index is 0.672. The minimum absolute atomic E-state index is 0.672. The Morgan fingerprint density at radius 2 is 2.20 bits per heavy atom. The van der Waals surface area contributed by atoms with Crippen LogP contribution in [0.4, 0.5) is 0 Å². The van der Waals surface area contributed by atoms with Gasteiger partial charge in [-0.15, -0.1) is 0 Å². The first-order valence-electron chi connectivity index (χ1n) is 4.21. The van der Waals surface area contributed by atoms with E-state index in [4.69, 9.17) is 0 Å². The second kappa shape index (κ2) is 3.94. The maximum absolute atomic E-state index is 3.47. The van der Waals surface area contributed by atoms with Crippen molar-refractivity contribution in [1.82, 2.24) is 10.2 Å². The Bertz CT molecular complexity index is 83.3. The van der Waals surface area contributed by atoms with Crippen LogP contribution >= 0.6 is 0 Å². The Labute approximate surface area is 63.6 Å². The van der Waals surface area contributed by atoms with Gasteiger partial charge in [-0.25, -0.2) is 0 Å². The molecule has 60 valence electrons. The topological polar surface area (TPSA) is 15.3 Å². The van der Waals surface area contributed by atoms with E-state index in [-0.39, 0.29) is 0 Å². The predicted octanol–water partition coefficient (Wildman–Crippen LogP) is 0.690. The Balaban J connectivity index is 2.25. The van der Waals surface area contributed by atoms with Gasteiger partial charge in [0.2, 0.25) is 0 Å². The van der Waals surface area contributed by atoms with Crippen LogP contribution in [0, 0.1) is 0 Å². The van der Waals surface area contributed by atoms with Gasteiger partial charge >= 0.3 is 0 Å². The largest absolute Gasteiger partial charge is 0.313 e. The summed E-state index contributed by atoms with van der Waals surface area (Å²) in [4.78, 5) is 2.40. The number of nitrogens with zero attached hydrogens (tertiary/aromatic N) is 1. The molecule has 0 aliphatic carbocycles. The summed E-state index contributed by atoms with van der Waals surface area (Å²) in [6.45, 7) is 5.92. The summed E-state index contributed by atoms with van der Waals surface area (Å²) in [5.41, 5.74) is 0. The third-order valence-corrected chi connectivity index (χ3v) is 2.04. The molecule has 1 unspecified atom stereocenters. The molecule has 1 fully saturated rings. The van der Waals surface area contributed by atoms with E-state index >= 15 is 0 Å². The number of likely N-dealkylation sites (N-methyl/N-ethyl adjacent to an activating group) is 1. The average Bonchev–Trinajstić information content (AvgIpc) is 1.83. The molecule has 2 nitrogen and oxygen atoms in total. The van der Waals surface area contributed by atoms with Crippen LogP contribution in [0.25, 0.3) is 0 Å². The van der Waals surface area contributed by atoms with Crippen molar-refractivity contribution in [2.75, 3.05) is 26.7 Å². The third kappa shape index (κ3) is 2.67. The number of nitrogens with one attached hydrogen (secondary N) is 1. The second-order valence-corrected chi connectivity index (χ2v) is 3.32. The molecule has 10 heavy (non-hydrogen) atoms. The molecule has 1 aliphatic rings. The molecule has 1 rings (SSSR count). The van der Waals surface area contributed by atoms with Crippen LogP contribution in [0.2, 0.25) is 0 Å². The molecule has 0 spiro atoms. The Hall–Kier alpha value is -0.0800. The zero-order valence-electron chi connectivity index (χ0n) is 7.06. The fraction of sp³-hybridized carbons (Fsp3) is 1.00. The molecule has 1 N–H and O–H groups in total. The Kier molecular flexibility index (Phi) is 3.16. The number of hydrogen-bond acceptors (Lipinski definition) is 2. The lowest BCUT2D eigenvalue weighted by Gasteiger charge is -2.25. The molecule has 1 heterocycles. The zero-order valence-corrected chi connectivity index (χ0v) is 7.06. The highest BCUT2D eigenvalue weighted by Crippen LogP contribution is 1.98. The highest BCUT2D eigenvalue weighted by Gasteiger charge is 2.07. The van der Waals surface area contributed by atoms with Gasteiger partial charge in [0.25, 0.3) is 0 Å². The van der Waals surface area contributed by atoms with Crippen LogP contribution in [-0.2, 0) is 0 Å². The van der Waals surface area contributed by atoms with Gasteiger partial charge in [0, 0.05) is 12.6 Å². The monoisotopic (exact) mass is 142 g/mol. The predicted molar refractivity (Wildman–Crippen MR) is 44.2 cm³/mol. The van der Waals surface area contributed by atoms with Crippen LogP contribution in [-0.4, -0.2) is 37.6 Å². The molecule has 1 atom stereocenters. The maximum atomic E-state index is 3.47. The van der Waals surface area contributed by atoms with Crippen molar-refractivity contribution >= 4 is 0 Å². The molecule has 1 saturated heterocycles. The molecule has 0 saturated carbocycles. The van der Waals surface area contributed by atoms with Gasteiger partial charge < -0.3 is 10.2 Å². The lowest BCUT2D eigenvalue weighted by Crippen LogP contribution is -2.40. The van der Waals surface area contributed by atoms with Crippen LogP contribution in [0.5, 0.6) is 0 Å². The van der Waals surface area contributed by atoms with E-state index in [1.165, 1.54) is 32.5 Å². The van der Waals surface area contributed by atoms with Crippen molar-refractivity contribution in [2.24, 2.45) is 0 Å². The van der Waals surface area contributed by atoms with Gasteiger partial charge in [-0.1, -0.05) is 0 Å². The van der Waals surface area contributed by atoms with E-state index in [1.54, 1.807) is 0 Å². The molecule has 0 bridgehead atoms. The highest BCUT2D eigenvalue weighted by atomic mass is 15.1. The van der Waals surface area contributed by atoms with Crippen LogP contribution in [0.3, 0.4) is 0 Å². The lowest BCUT2D eigenvalue weighted by molar-refractivity contribution is 0.271. The smallest absolute Gasteiger partial charge is 0.0166 e. The molecule has 1 aliphatic heterocycles. The summed E-state index contributed by atoms with van der Waals surface area (Å²) in [5.74, 6) is 0. The van der Waals surface area contributed by atoms with Crippen molar-refractivity contribution in [3.63, 3.8) is 0 Å². The summed E-state index contributed by atoms with van der Waals surface area (Å²) in [6.07, 6.45) is 2.67. The molecular weight excluding hydrogens is 124 g/mol. The molecule has 0 aromatic carbocycles. The molecule has 0 aromatic rings. The van der Waals surface area contributed by atoms with Gasteiger partial charge in [-0.2, -0.15) is 0 Å². The van der Waals surface area contributed by atoms with Gasteiger partial charge in [-0.05, 0) is 39.9 Å². The quantitative estimate of drug-likeness (QED) is 0.535. The maximum Gasteiger partial charge on any atom is 0.0166 e. The Morgan fingerprint density at radius 1 is 1.40 bits per heavy atom. The minimum Gasteiger partial charge on any atom is -0.313 e. The fourth-order valence-electron chi connectivity index (χ4n) is 1.48. The summed E-state index contributed by atoms with van der Waals surface area (Å²) < 4.78 is 0. The fourth-order valence-corrected chi connectivity index (χ4v) is 1.48. The zero-order chi connectivity index (χ0) is 7.40. The number of rotatable bonds is 0. The molecular formula is C8H18N2. The first kappa shape index (κ1) is 8.02. The third-order valence-electron chi connectivity index (χ3n) is 2.04. The molecule has 2 heteroatoms. The summed E-state index contributed by atoms with van der Waals surface area (Å²) in [5, 5.41) is 3.47. The molecule has 0 aromatic heterocycles. The van der Waals surface area contributed by atoms with Crippen molar-refractivity contribution < 1.29 is 0 Å². The number of hydrogen-bond donors (Lipinski definition) is 1. The summed E-state index contributed by atoms with van der Waals surface area (Å²) in [7, 11) is 2.20. The first-order valence-corrected chi connectivity index (χ1v) is 4.21. The SMILES string of the molecule is CC1CN(C)CCCCN1. The van der Waals surface area contributed by atoms with Crippen molar-refractivity contribution in [3.05, 3.63) is 0 Å². The van der Waals surface area contributed by atoms with Crippen LogP contribution in [0.15, 0.2) is 0 Å². The van der Waals surface area contributed by atoms with Crippen LogP contribution in [0.1, 0.15) is 19.8 Å². The average molecular weight is 142 g/mol. The second-order valence-electron chi connectivity index (χ2n) is 3.32. The van der Waals surface area contributed by atoms with Gasteiger partial charge in [-0.3, -0.25) is 0 Å². The van der Waals surface area contributed by atoms with E-state index < -0.39 is 0 Å². The van der Waals surface area contributed by atoms with E-state index in [2.05, 4.69) is 24.2 Å². The normalized spacial score (nSPS) is 31.2. The van der Waals surface area contributed by atoms with Crippen molar-refractivity contribution in [3.8, 4) is 0 Å². The first-order chi connectivity index (χ1) is 4.79. The van der Waals surface area contributed by atoms with E-state index in [1.807, 2.05) is 0 Å².